The third kappa shape index (κ3) is 3.39. The van der Waals surface area contributed by atoms with E-state index >= 15 is 0 Å². The average molecular weight is 474 g/mol. The third-order valence-electron chi connectivity index (χ3n) is 7.42. The van der Waals surface area contributed by atoms with Crippen molar-refractivity contribution < 1.29 is 13.7 Å². The Morgan fingerprint density at radius 1 is 1.29 bits per heavy atom. The Balaban J connectivity index is 1.13. The number of carbonyl (C=O) groups excluding carboxylic acids is 1. The van der Waals surface area contributed by atoms with Gasteiger partial charge in [-0.1, -0.05) is 17.3 Å². The minimum absolute atomic E-state index is 0.245. The van der Waals surface area contributed by atoms with E-state index in [1.165, 1.54) is 6.42 Å². The van der Waals surface area contributed by atoms with E-state index in [2.05, 4.69) is 30.8 Å². The summed E-state index contributed by atoms with van der Waals surface area (Å²) in [5, 5.41) is 14.9. The molecule has 1 amide bonds. The second-order valence-corrected chi connectivity index (χ2v) is 9.88. The lowest BCUT2D eigenvalue weighted by Gasteiger charge is -2.57. The van der Waals surface area contributed by atoms with Gasteiger partial charge in [0.05, 0.1) is 28.7 Å². The van der Waals surface area contributed by atoms with Crippen molar-refractivity contribution in [2.45, 2.75) is 37.4 Å². The number of carbonyl (C=O) groups is 1. The topological polar surface area (TPSA) is 101 Å². The number of nitrogens with zero attached hydrogens (tertiary/aromatic N) is 5. The van der Waals surface area contributed by atoms with Crippen molar-refractivity contribution in [1.29, 1.82) is 0 Å². The van der Waals surface area contributed by atoms with E-state index in [4.69, 9.17) is 4.52 Å². The maximum absolute atomic E-state index is 13.3. The van der Waals surface area contributed by atoms with Crippen molar-refractivity contribution in [3.8, 4) is 11.4 Å². The number of amides is 1. The molecule has 4 aromatic rings. The van der Waals surface area contributed by atoms with E-state index in [0.717, 1.165) is 36.4 Å². The molecule has 35 heavy (non-hydrogen) atoms. The predicted octanol–water partition coefficient (Wildman–Crippen LogP) is 3.32. The van der Waals surface area contributed by atoms with E-state index in [9.17, 15) is 9.18 Å². The summed E-state index contributed by atoms with van der Waals surface area (Å²) in [6.07, 6.45) is 4.22. The molecule has 1 aromatic carbocycles. The van der Waals surface area contributed by atoms with Gasteiger partial charge in [-0.15, -0.1) is 0 Å². The largest absolute Gasteiger partial charge is 0.368 e. The molecule has 2 N–H and O–H groups in total. The SMILES string of the molecule is Cc1ccc(-c2noc([C@H]3C[C@@H]3F)n2)cc1NC(=O)c1cnn2ccc(N3CC4(CCN4)C3)cc12. The maximum Gasteiger partial charge on any atom is 0.259 e. The van der Waals surface area contributed by atoms with E-state index in [1.807, 2.05) is 43.5 Å². The Kier molecular flexibility index (Phi) is 4.32. The zero-order chi connectivity index (χ0) is 23.7. The van der Waals surface area contributed by atoms with Gasteiger partial charge in [0.15, 0.2) is 0 Å². The third-order valence-corrected chi connectivity index (χ3v) is 7.42. The van der Waals surface area contributed by atoms with E-state index in [0.29, 0.717) is 35.0 Å². The molecule has 1 spiro atoms. The van der Waals surface area contributed by atoms with Crippen LogP contribution < -0.4 is 15.5 Å². The van der Waals surface area contributed by atoms with Crippen LogP contribution >= 0.6 is 0 Å². The summed E-state index contributed by atoms with van der Waals surface area (Å²) in [6, 6.07) is 9.61. The van der Waals surface area contributed by atoms with Gasteiger partial charge in [0, 0.05) is 36.2 Å². The van der Waals surface area contributed by atoms with Crippen LogP contribution in [0.15, 0.2) is 47.2 Å². The van der Waals surface area contributed by atoms with E-state index in [-0.39, 0.29) is 17.4 Å². The first-order valence-electron chi connectivity index (χ1n) is 11.9. The van der Waals surface area contributed by atoms with Gasteiger partial charge in [-0.25, -0.2) is 8.91 Å². The molecule has 0 bridgehead atoms. The number of alkyl halides is 1. The van der Waals surface area contributed by atoms with Crippen LogP contribution in [0.4, 0.5) is 15.8 Å². The number of aryl methyl sites for hydroxylation is 1. The molecule has 3 fully saturated rings. The molecule has 2 atom stereocenters. The number of anilines is 2. The summed E-state index contributed by atoms with van der Waals surface area (Å²) >= 11 is 0. The second kappa shape index (κ2) is 7.35. The van der Waals surface area contributed by atoms with Crippen LogP contribution in [-0.4, -0.2) is 57.0 Å². The van der Waals surface area contributed by atoms with Crippen LogP contribution in [0.2, 0.25) is 0 Å². The van der Waals surface area contributed by atoms with Crippen molar-refractivity contribution in [3.05, 3.63) is 59.7 Å². The fraction of sp³-hybridized carbons (Fsp3) is 0.360. The second-order valence-electron chi connectivity index (χ2n) is 9.88. The van der Waals surface area contributed by atoms with Gasteiger partial charge in [0.2, 0.25) is 11.7 Å². The number of rotatable bonds is 5. The number of fused-ring (bicyclic) bond motifs is 1. The molecule has 1 aliphatic carbocycles. The van der Waals surface area contributed by atoms with Crippen LogP contribution in [0.5, 0.6) is 0 Å². The first kappa shape index (κ1) is 20.6. The van der Waals surface area contributed by atoms with Gasteiger partial charge in [-0.05, 0) is 50.1 Å². The Morgan fingerprint density at radius 2 is 2.11 bits per heavy atom. The molecule has 2 aliphatic heterocycles. The van der Waals surface area contributed by atoms with Gasteiger partial charge in [0.1, 0.15) is 6.17 Å². The Labute approximate surface area is 200 Å². The molecule has 5 heterocycles. The van der Waals surface area contributed by atoms with Gasteiger partial charge in [-0.2, -0.15) is 10.1 Å². The zero-order valence-corrected chi connectivity index (χ0v) is 19.2. The van der Waals surface area contributed by atoms with Crippen molar-refractivity contribution in [1.82, 2.24) is 25.1 Å². The first-order valence-corrected chi connectivity index (χ1v) is 11.9. The standard InChI is InChI=1S/C25H24FN7O2/c1-14-2-3-15(22-30-24(35-31-22)17-10-19(17)26)8-20(14)29-23(34)18-11-28-33-7-4-16(9-21(18)33)32-12-25(13-32)5-6-27-25/h2-4,7-9,11,17,19,27H,5-6,10,12-13H2,1H3,(H,29,34)/t17-,19-/m0/s1. The highest BCUT2D eigenvalue weighted by Crippen LogP contribution is 2.43. The van der Waals surface area contributed by atoms with E-state index < -0.39 is 6.17 Å². The lowest BCUT2D eigenvalue weighted by atomic mass is 9.80. The molecule has 3 aromatic heterocycles. The molecule has 9 nitrogen and oxygen atoms in total. The van der Waals surface area contributed by atoms with Crippen molar-refractivity contribution >= 4 is 22.8 Å². The number of nitrogens with one attached hydrogen (secondary N) is 2. The molecular formula is C25H24FN7O2. The highest BCUT2D eigenvalue weighted by molar-refractivity contribution is 6.09. The van der Waals surface area contributed by atoms with Crippen LogP contribution in [0, 0.1) is 6.92 Å². The lowest BCUT2D eigenvalue weighted by molar-refractivity contribution is 0.102. The van der Waals surface area contributed by atoms with Crippen LogP contribution in [0.1, 0.15) is 40.6 Å². The van der Waals surface area contributed by atoms with Crippen LogP contribution in [0.3, 0.4) is 0 Å². The summed E-state index contributed by atoms with van der Waals surface area (Å²) in [4.78, 5) is 19.9. The van der Waals surface area contributed by atoms with Gasteiger partial charge >= 0.3 is 0 Å². The van der Waals surface area contributed by atoms with Gasteiger partial charge in [-0.3, -0.25) is 4.79 Å². The lowest BCUT2D eigenvalue weighted by Crippen LogP contribution is -2.75. The summed E-state index contributed by atoms with van der Waals surface area (Å²) < 4.78 is 20.3. The summed E-state index contributed by atoms with van der Waals surface area (Å²) in [7, 11) is 0. The van der Waals surface area contributed by atoms with Gasteiger partial charge in [0.25, 0.3) is 5.91 Å². The normalized spacial score (nSPS) is 22.2. The molecular weight excluding hydrogens is 449 g/mol. The van der Waals surface area contributed by atoms with Crippen LogP contribution in [-0.2, 0) is 0 Å². The van der Waals surface area contributed by atoms with Crippen molar-refractivity contribution in [2.24, 2.45) is 0 Å². The predicted molar refractivity (Wildman–Crippen MR) is 127 cm³/mol. The Bertz CT molecular complexity index is 1470. The molecule has 2 saturated heterocycles. The monoisotopic (exact) mass is 473 g/mol. The highest BCUT2D eigenvalue weighted by atomic mass is 19.1. The molecule has 10 heteroatoms. The number of benzene rings is 1. The Hall–Kier alpha value is -3.79. The summed E-state index contributed by atoms with van der Waals surface area (Å²) in [6.45, 7) is 4.97. The molecule has 7 rings (SSSR count). The molecule has 0 unspecified atom stereocenters. The highest BCUT2D eigenvalue weighted by Gasteiger charge is 2.47. The summed E-state index contributed by atoms with van der Waals surface area (Å²) in [5.74, 6) is 0.156. The maximum atomic E-state index is 13.3. The molecule has 3 aliphatic rings. The van der Waals surface area contributed by atoms with Crippen LogP contribution in [0.25, 0.3) is 16.9 Å². The number of pyridine rings is 1. The smallest absolute Gasteiger partial charge is 0.259 e. The number of hydrogen-bond acceptors (Lipinski definition) is 7. The molecule has 1 saturated carbocycles. The molecule has 178 valence electrons. The number of hydrogen-bond donors (Lipinski definition) is 2. The first-order chi connectivity index (χ1) is 17.0. The minimum Gasteiger partial charge on any atom is -0.368 e. The minimum atomic E-state index is -0.903. The van der Waals surface area contributed by atoms with Crippen molar-refractivity contribution in [2.75, 3.05) is 29.9 Å². The fourth-order valence-electron chi connectivity index (χ4n) is 4.96. The molecule has 0 radical (unpaired) electrons. The summed E-state index contributed by atoms with van der Waals surface area (Å²) in [5.41, 5.74) is 4.85. The van der Waals surface area contributed by atoms with Crippen molar-refractivity contribution in [3.63, 3.8) is 0 Å². The van der Waals surface area contributed by atoms with Gasteiger partial charge < -0.3 is 20.1 Å². The van der Waals surface area contributed by atoms with E-state index in [1.54, 1.807) is 10.7 Å². The fourth-order valence-corrected chi connectivity index (χ4v) is 4.96. The zero-order valence-electron chi connectivity index (χ0n) is 19.2. The number of aromatic nitrogens is 4. The number of halogens is 1. The Morgan fingerprint density at radius 3 is 2.86 bits per heavy atom. The average Bonchev–Trinajstić information content (AvgIpc) is 3.19. The quantitative estimate of drug-likeness (QED) is 0.459.